The summed E-state index contributed by atoms with van der Waals surface area (Å²) in [6.45, 7) is 8.34. The molecular weight excluding hydrogens is 386 g/mol. The molecule has 0 fully saturated rings. The molecule has 3 aliphatic rings. The summed E-state index contributed by atoms with van der Waals surface area (Å²) in [7, 11) is -3.59. The number of fused-ring (bicyclic) bond motifs is 1. The van der Waals surface area contributed by atoms with Gasteiger partial charge in [0.15, 0.2) is 15.0 Å². The molecule has 7 nitrogen and oxygen atoms in total. The van der Waals surface area contributed by atoms with Crippen LogP contribution in [-0.2, 0) is 9.84 Å². The molecule has 2 aliphatic heterocycles. The van der Waals surface area contributed by atoms with Crippen LogP contribution in [-0.4, -0.2) is 62.9 Å². The smallest absolute Gasteiger partial charge is 0.186 e. The van der Waals surface area contributed by atoms with Crippen molar-refractivity contribution in [2.24, 2.45) is 16.0 Å². The number of amidine groups is 1. The van der Waals surface area contributed by atoms with Crippen LogP contribution in [0.4, 0.5) is 0 Å². The number of nitrogens with zero attached hydrogens (tertiary/aromatic N) is 3. The highest BCUT2D eigenvalue weighted by Gasteiger charge is 2.45. The molecule has 0 spiro atoms. The first-order chi connectivity index (χ1) is 12.3. The van der Waals surface area contributed by atoms with E-state index in [1.54, 1.807) is 26.0 Å². The molecule has 0 aromatic rings. The average molecular weight is 414 g/mol. The Morgan fingerprint density at radius 3 is 2.56 bits per heavy atom. The number of hydrogen-bond donors (Lipinski definition) is 2. The lowest BCUT2D eigenvalue weighted by molar-refractivity contribution is 0.105. The van der Waals surface area contributed by atoms with Gasteiger partial charge in [-0.1, -0.05) is 12.2 Å². The summed E-state index contributed by atoms with van der Waals surface area (Å²) in [5, 5.41) is 27.9. The van der Waals surface area contributed by atoms with Gasteiger partial charge < -0.3 is 10.2 Å². The van der Waals surface area contributed by atoms with E-state index in [1.165, 1.54) is 25.6 Å². The van der Waals surface area contributed by atoms with Crippen LogP contribution in [0, 0.1) is 5.92 Å². The lowest BCUT2D eigenvalue weighted by Gasteiger charge is -2.30. The average Bonchev–Trinajstić information content (AvgIpc) is 3.01. The molecule has 0 saturated heterocycles. The Morgan fingerprint density at radius 1 is 1.30 bits per heavy atom. The topological polar surface area (TPSA) is 103 Å². The van der Waals surface area contributed by atoms with Gasteiger partial charge in [0.25, 0.3) is 0 Å². The van der Waals surface area contributed by atoms with E-state index in [-0.39, 0.29) is 28.7 Å². The number of hydrogen-bond acceptors (Lipinski definition) is 8. The molecule has 150 valence electrons. The highest BCUT2D eigenvalue weighted by Crippen LogP contribution is 2.39. The fourth-order valence-electron chi connectivity index (χ4n) is 3.48. The van der Waals surface area contributed by atoms with E-state index >= 15 is 0 Å². The number of aliphatic hydroxyl groups is 2. The van der Waals surface area contributed by atoms with Gasteiger partial charge in [-0.3, -0.25) is 4.99 Å². The van der Waals surface area contributed by atoms with Crippen LogP contribution in [0.15, 0.2) is 33.2 Å². The van der Waals surface area contributed by atoms with Crippen molar-refractivity contribution in [1.82, 2.24) is 5.01 Å². The lowest BCUT2D eigenvalue weighted by atomic mass is 9.89. The van der Waals surface area contributed by atoms with Crippen molar-refractivity contribution in [1.29, 1.82) is 0 Å². The quantitative estimate of drug-likeness (QED) is 0.714. The molecule has 1 aliphatic carbocycles. The van der Waals surface area contributed by atoms with E-state index in [9.17, 15) is 18.6 Å². The molecule has 2 N–H and O–H groups in total. The maximum atomic E-state index is 12.7. The first-order valence-electron chi connectivity index (χ1n) is 8.98. The van der Waals surface area contributed by atoms with Gasteiger partial charge in [-0.25, -0.2) is 13.4 Å². The first kappa shape index (κ1) is 20.6. The number of hydrazone groups is 1. The maximum absolute atomic E-state index is 12.7. The van der Waals surface area contributed by atoms with Gasteiger partial charge in [-0.05, 0) is 58.9 Å². The van der Waals surface area contributed by atoms with Crippen molar-refractivity contribution in [2.75, 3.05) is 5.75 Å². The van der Waals surface area contributed by atoms with Gasteiger partial charge in [0.05, 0.1) is 28.3 Å². The zero-order valence-electron chi connectivity index (χ0n) is 16.2. The van der Waals surface area contributed by atoms with Crippen LogP contribution in [0.5, 0.6) is 0 Å². The predicted molar refractivity (Wildman–Crippen MR) is 109 cm³/mol. The number of sulfone groups is 1. The molecule has 27 heavy (non-hydrogen) atoms. The maximum Gasteiger partial charge on any atom is 0.186 e. The molecule has 0 aromatic heterocycles. The minimum atomic E-state index is -3.59. The number of aliphatic imine (C=N–C) groups is 1. The molecular formula is C18H27N3O4S2. The highest BCUT2D eigenvalue weighted by molar-refractivity contribution is 8.27. The molecule has 0 radical (unpaired) electrons. The van der Waals surface area contributed by atoms with E-state index in [0.29, 0.717) is 11.5 Å². The van der Waals surface area contributed by atoms with Crippen LogP contribution < -0.4 is 0 Å². The van der Waals surface area contributed by atoms with Gasteiger partial charge in [-0.2, -0.15) is 5.10 Å². The van der Waals surface area contributed by atoms with Gasteiger partial charge in [0.2, 0.25) is 0 Å². The number of allylic oxidation sites excluding steroid dienone is 2. The van der Waals surface area contributed by atoms with E-state index < -0.39 is 21.0 Å². The summed E-state index contributed by atoms with van der Waals surface area (Å²) in [5.41, 5.74) is -2.34. The molecule has 0 saturated carbocycles. The van der Waals surface area contributed by atoms with E-state index in [0.717, 1.165) is 5.17 Å². The molecule has 0 bridgehead atoms. The highest BCUT2D eigenvalue weighted by atomic mass is 32.2. The van der Waals surface area contributed by atoms with Gasteiger partial charge >= 0.3 is 0 Å². The fourth-order valence-corrected chi connectivity index (χ4v) is 6.29. The predicted octanol–water partition coefficient (Wildman–Crippen LogP) is 1.89. The summed E-state index contributed by atoms with van der Waals surface area (Å²) < 4.78 is 25.3. The van der Waals surface area contributed by atoms with Crippen LogP contribution in [0.3, 0.4) is 0 Å². The van der Waals surface area contributed by atoms with Crippen molar-refractivity contribution < 1.29 is 18.6 Å². The van der Waals surface area contributed by atoms with Crippen LogP contribution in [0.25, 0.3) is 0 Å². The Bertz CT molecular complexity index is 845. The second kappa shape index (κ2) is 6.72. The summed E-state index contributed by atoms with van der Waals surface area (Å²) in [6.07, 6.45) is 5.93. The molecule has 3 atom stereocenters. The van der Waals surface area contributed by atoms with Crippen LogP contribution in [0.2, 0.25) is 0 Å². The second-order valence-corrected chi connectivity index (χ2v) is 11.4. The van der Waals surface area contributed by atoms with Crippen molar-refractivity contribution in [2.45, 2.75) is 64.3 Å². The zero-order valence-corrected chi connectivity index (χ0v) is 17.9. The Balaban J connectivity index is 1.87. The summed E-state index contributed by atoms with van der Waals surface area (Å²) in [5.74, 6) is -0.408. The lowest BCUT2D eigenvalue weighted by Crippen LogP contribution is -2.40. The molecule has 3 unspecified atom stereocenters. The minimum Gasteiger partial charge on any atom is -0.389 e. The summed E-state index contributed by atoms with van der Waals surface area (Å²) in [6, 6.07) is -0.143. The van der Waals surface area contributed by atoms with Crippen LogP contribution in [0.1, 0.15) is 41.0 Å². The monoisotopic (exact) mass is 413 g/mol. The van der Waals surface area contributed by atoms with E-state index in [4.69, 9.17) is 0 Å². The molecule has 2 heterocycles. The van der Waals surface area contributed by atoms with Crippen molar-refractivity contribution in [3.05, 3.63) is 23.1 Å². The SMILES string of the molecule is CC1N=C2SC(C(C)(C)O)=NN2C1C1C=C(S(=O)(=O)CC(C)(C)O)C=CC1. The van der Waals surface area contributed by atoms with Gasteiger partial charge in [-0.15, -0.1) is 0 Å². The van der Waals surface area contributed by atoms with E-state index in [2.05, 4.69) is 10.1 Å². The minimum absolute atomic E-state index is 0.0365. The standard InChI is InChI=1S/C18H27N3O4S2/c1-11-14(21-16(19-11)26-15(20-21)18(4,5)23)12-7-6-8-13(9-12)27(24,25)10-17(2,3)22/h6,8-9,11-12,14,22-23H,7,10H2,1-5H3. The van der Waals surface area contributed by atoms with E-state index in [1.807, 2.05) is 18.0 Å². The number of rotatable bonds is 5. The fraction of sp³-hybridized carbons (Fsp3) is 0.667. The third-order valence-corrected chi connectivity index (χ3v) is 7.93. The van der Waals surface area contributed by atoms with Gasteiger partial charge in [0.1, 0.15) is 10.6 Å². The number of thioether (sulfide) groups is 1. The Morgan fingerprint density at radius 2 is 1.96 bits per heavy atom. The normalized spacial score (nSPS) is 28.8. The molecule has 0 amide bonds. The van der Waals surface area contributed by atoms with Crippen molar-refractivity contribution >= 4 is 31.8 Å². The second-order valence-electron chi connectivity index (χ2n) is 8.50. The van der Waals surface area contributed by atoms with Crippen molar-refractivity contribution in [3.63, 3.8) is 0 Å². The third-order valence-electron chi connectivity index (χ3n) is 4.61. The molecule has 3 rings (SSSR count). The van der Waals surface area contributed by atoms with Gasteiger partial charge in [0, 0.05) is 5.92 Å². The zero-order chi connectivity index (χ0) is 20.2. The Kier molecular flexibility index (Phi) is 5.12. The summed E-state index contributed by atoms with van der Waals surface area (Å²) in [4.78, 5) is 4.89. The third kappa shape index (κ3) is 4.31. The summed E-state index contributed by atoms with van der Waals surface area (Å²) >= 11 is 1.36. The molecule has 9 heteroatoms. The first-order valence-corrected chi connectivity index (χ1v) is 11.4. The Labute approximate surface area is 164 Å². The van der Waals surface area contributed by atoms with Crippen LogP contribution >= 0.6 is 11.8 Å². The van der Waals surface area contributed by atoms with Crippen molar-refractivity contribution in [3.8, 4) is 0 Å². The Hall–Kier alpha value is -1.16. The largest absolute Gasteiger partial charge is 0.389 e. The molecule has 0 aromatic carbocycles.